The number of aryl methyl sites for hydroxylation is 1. The molecule has 0 aliphatic heterocycles. The first-order valence-corrected chi connectivity index (χ1v) is 6.23. The van der Waals surface area contributed by atoms with Gasteiger partial charge in [0.25, 0.3) is 0 Å². The van der Waals surface area contributed by atoms with Crippen molar-refractivity contribution in [2.24, 2.45) is 5.73 Å². The van der Waals surface area contributed by atoms with E-state index in [1.54, 1.807) is 0 Å². The molecule has 0 fully saturated rings. The summed E-state index contributed by atoms with van der Waals surface area (Å²) in [5, 5.41) is 2.88. The van der Waals surface area contributed by atoms with E-state index in [9.17, 15) is 4.79 Å². The second-order valence-electron chi connectivity index (χ2n) is 4.36. The highest BCUT2D eigenvalue weighted by atomic mass is 35.5. The lowest BCUT2D eigenvalue weighted by Crippen LogP contribution is -2.41. The lowest BCUT2D eigenvalue weighted by atomic mass is 10.1. The fourth-order valence-electron chi connectivity index (χ4n) is 1.78. The molecule has 1 atom stereocenters. The lowest BCUT2D eigenvalue weighted by Gasteiger charge is -2.11. The number of benzene rings is 1. The molecule has 0 aromatic heterocycles. The van der Waals surface area contributed by atoms with Gasteiger partial charge in [-0.3, -0.25) is 4.79 Å². The summed E-state index contributed by atoms with van der Waals surface area (Å²) in [6.07, 6.45) is 2.54. The predicted octanol–water partition coefficient (Wildman–Crippen LogP) is 2.20. The first-order valence-electron chi connectivity index (χ1n) is 6.23. The molecular weight excluding hydrogens is 248 g/mol. The first-order chi connectivity index (χ1) is 8.15. The third-order valence-electron chi connectivity index (χ3n) is 2.89. The molecule has 0 aliphatic rings. The van der Waals surface area contributed by atoms with Crippen LogP contribution in [0, 0.1) is 6.92 Å². The first kappa shape index (κ1) is 16.9. The molecule has 1 rings (SSSR count). The minimum Gasteiger partial charge on any atom is -0.354 e. The fourth-order valence-corrected chi connectivity index (χ4v) is 1.78. The van der Waals surface area contributed by atoms with Gasteiger partial charge in [0.05, 0.1) is 6.04 Å². The monoisotopic (exact) mass is 270 g/mol. The maximum Gasteiger partial charge on any atom is 0.236 e. The number of hydrogen-bond acceptors (Lipinski definition) is 2. The van der Waals surface area contributed by atoms with Crippen LogP contribution in [0.5, 0.6) is 0 Å². The van der Waals surface area contributed by atoms with Crippen molar-refractivity contribution in [3.63, 3.8) is 0 Å². The van der Waals surface area contributed by atoms with Crippen molar-refractivity contribution in [1.29, 1.82) is 0 Å². The number of carbonyl (C=O) groups is 1. The molecule has 3 nitrogen and oxygen atoms in total. The Balaban J connectivity index is 0.00000289. The van der Waals surface area contributed by atoms with E-state index >= 15 is 0 Å². The summed E-state index contributed by atoms with van der Waals surface area (Å²) in [5.74, 6) is -0.0413. The minimum atomic E-state index is -0.364. The Labute approximate surface area is 116 Å². The van der Waals surface area contributed by atoms with Crippen LogP contribution in [-0.4, -0.2) is 18.5 Å². The summed E-state index contributed by atoms with van der Waals surface area (Å²) < 4.78 is 0. The van der Waals surface area contributed by atoms with Crippen LogP contribution in [-0.2, 0) is 11.2 Å². The van der Waals surface area contributed by atoms with Crippen molar-refractivity contribution >= 4 is 18.3 Å². The number of nitrogens with two attached hydrogens (primary N) is 1. The SMILES string of the molecule is CCCC(N)C(=O)NCCc1ccccc1C.Cl. The topological polar surface area (TPSA) is 55.1 Å². The highest BCUT2D eigenvalue weighted by molar-refractivity contribution is 5.85. The van der Waals surface area contributed by atoms with Gasteiger partial charge >= 0.3 is 0 Å². The zero-order chi connectivity index (χ0) is 12.7. The predicted molar refractivity (Wildman–Crippen MR) is 78.0 cm³/mol. The molecule has 3 N–H and O–H groups in total. The van der Waals surface area contributed by atoms with E-state index in [1.165, 1.54) is 11.1 Å². The van der Waals surface area contributed by atoms with Crippen LogP contribution in [0.3, 0.4) is 0 Å². The van der Waals surface area contributed by atoms with Crippen LogP contribution < -0.4 is 11.1 Å². The fraction of sp³-hybridized carbons (Fsp3) is 0.500. The van der Waals surface area contributed by atoms with E-state index in [-0.39, 0.29) is 24.4 Å². The van der Waals surface area contributed by atoms with Crippen LogP contribution >= 0.6 is 12.4 Å². The van der Waals surface area contributed by atoms with Crippen molar-refractivity contribution < 1.29 is 4.79 Å². The molecule has 4 heteroatoms. The molecule has 1 aromatic rings. The van der Waals surface area contributed by atoms with Gasteiger partial charge in [-0.25, -0.2) is 0 Å². The summed E-state index contributed by atoms with van der Waals surface area (Å²) in [6.45, 7) is 4.77. The molecule has 102 valence electrons. The van der Waals surface area contributed by atoms with Gasteiger partial charge in [0.15, 0.2) is 0 Å². The van der Waals surface area contributed by atoms with Gasteiger partial charge in [0, 0.05) is 6.54 Å². The third-order valence-corrected chi connectivity index (χ3v) is 2.89. The molecule has 0 saturated carbocycles. The van der Waals surface area contributed by atoms with E-state index in [0.717, 1.165) is 19.3 Å². The number of nitrogens with one attached hydrogen (secondary N) is 1. The van der Waals surface area contributed by atoms with E-state index in [1.807, 2.05) is 19.1 Å². The van der Waals surface area contributed by atoms with Crippen molar-refractivity contribution in [2.45, 2.75) is 39.2 Å². The average molecular weight is 271 g/mol. The van der Waals surface area contributed by atoms with Gasteiger partial charge < -0.3 is 11.1 Å². The molecule has 0 radical (unpaired) electrons. The Bertz CT molecular complexity index is 369. The quantitative estimate of drug-likeness (QED) is 0.833. The van der Waals surface area contributed by atoms with Crippen LogP contribution in [0.2, 0.25) is 0 Å². The van der Waals surface area contributed by atoms with E-state index < -0.39 is 0 Å². The standard InChI is InChI=1S/C14H22N2O.ClH/c1-3-6-13(15)14(17)16-10-9-12-8-5-4-7-11(12)2;/h4-5,7-8,13H,3,6,9-10,15H2,1-2H3,(H,16,17);1H. The Morgan fingerprint density at radius 3 is 2.67 bits per heavy atom. The van der Waals surface area contributed by atoms with Gasteiger partial charge in [0.2, 0.25) is 5.91 Å². The van der Waals surface area contributed by atoms with Crippen molar-refractivity contribution in [2.75, 3.05) is 6.54 Å². The highest BCUT2D eigenvalue weighted by Gasteiger charge is 2.10. The van der Waals surface area contributed by atoms with Crippen LogP contribution in [0.4, 0.5) is 0 Å². The zero-order valence-corrected chi connectivity index (χ0v) is 11.9. The van der Waals surface area contributed by atoms with E-state index in [0.29, 0.717) is 6.54 Å². The summed E-state index contributed by atoms with van der Waals surface area (Å²) in [5.41, 5.74) is 8.26. The van der Waals surface area contributed by atoms with Gasteiger partial charge in [-0.1, -0.05) is 37.6 Å². The summed E-state index contributed by atoms with van der Waals surface area (Å²) in [6, 6.07) is 7.85. The molecule has 1 aromatic carbocycles. The maximum atomic E-state index is 11.6. The number of rotatable bonds is 6. The normalized spacial score (nSPS) is 11.5. The number of carbonyl (C=O) groups excluding carboxylic acids is 1. The minimum absolute atomic E-state index is 0. The molecule has 0 bridgehead atoms. The van der Waals surface area contributed by atoms with Crippen LogP contribution in [0.1, 0.15) is 30.9 Å². The molecular formula is C14H23ClN2O. The Morgan fingerprint density at radius 2 is 2.06 bits per heavy atom. The second-order valence-corrected chi connectivity index (χ2v) is 4.36. The summed E-state index contributed by atoms with van der Waals surface area (Å²) in [7, 11) is 0. The molecule has 1 amide bonds. The molecule has 0 heterocycles. The Hall–Kier alpha value is -1.06. The van der Waals surface area contributed by atoms with Gasteiger partial charge in [0.1, 0.15) is 0 Å². The summed E-state index contributed by atoms with van der Waals surface area (Å²) in [4.78, 5) is 11.6. The average Bonchev–Trinajstić information content (AvgIpc) is 2.31. The van der Waals surface area contributed by atoms with Crippen molar-refractivity contribution in [3.8, 4) is 0 Å². The molecule has 18 heavy (non-hydrogen) atoms. The maximum absolute atomic E-state index is 11.6. The summed E-state index contributed by atoms with van der Waals surface area (Å²) >= 11 is 0. The Morgan fingerprint density at radius 1 is 1.39 bits per heavy atom. The van der Waals surface area contributed by atoms with Crippen LogP contribution in [0.25, 0.3) is 0 Å². The molecule has 0 aliphatic carbocycles. The lowest BCUT2D eigenvalue weighted by molar-refractivity contribution is -0.122. The molecule has 0 saturated heterocycles. The van der Waals surface area contributed by atoms with Crippen molar-refractivity contribution in [1.82, 2.24) is 5.32 Å². The third kappa shape index (κ3) is 5.52. The number of hydrogen-bond donors (Lipinski definition) is 2. The number of halogens is 1. The Kier molecular flexibility index (Phi) is 8.42. The number of amides is 1. The smallest absolute Gasteiger partial charge is 0.236 e. The zero-order valence-electron chi connectivity index (χ0n) is 11.1. The molecule has 0 spiro atoms. The van der Waals surface area contributed by atoms with Gasteiger partial charge in [-0.05, 0) is 30.9 Å². The van der Waals surface area contributed by atoms with Crippen LogP contribution in [0.15, 0.2) is 24.3 Å². The second kappa shape index (κ2) is 8.95. The highest BCUT2D eigenvalue weighted by Crippen LogP contribution is 2.06. The van der Waals surface area contributed by atoms with E-state index in [2.05, 4.69) is 24.4 Å². The van der Waals surface area contributed by atoms with Gasteiger partial charge in [-0.2, -0.15) is 0 Å². The van der Waals surface area contributed by atoms with Gasteiger partial charge in [-0.15, -0.1) is 12.4 Å². The van der Waals surface area contributed by atoms with Crippen molar-refractivity contribution in [3.05, 3.63) is 35.4 Å². The molecule has 1 unspecified atom stereocenters. The largest absolute Gasteiger partial charge is 0.354 e. The van der Waals surface area contributed by atoms with E-state index in [4.69, 9.17) is 5.73 Å².